The highest BCUT2D eigenvalue weighted by atomic mass is 19.4. The van der Waals surface area contributed by atoms with E-state index in [1.54, 1.807) is 13.8 Å². The van der Waals surface area contributed by atoms with Gasteiger partial charge in [0.2, 0.25) is 0 Å². The Morgan fingerprint density at radius 1 is 1.33 bits per heavy atom. The summed E-state index contributed by atoms with van der Waals surface area (Å²) in [6.45, 7) is 3.53. The molecule has 3 nitrogen and oxygen atoms in total. The highest BCUT2D eigenvalue weighted by molar-refractivity contribution is 5.99. The van der Waals surface area contributed by atoms with Crippen LogP contribution in [-0.2, 0) is 6.18 Å². The first-order chi connectivity index (χ1) is 8.14. The van der Waals surface area contributed by atoms with E-state index in [4.69, 9.17) is 5.73 Å². The first-order valence-electron chi connectivity index (χ1n) is 5.38. The van der Waals surface area contributed by atoms with Crippen LogP contribution in [-0.4, -0.2) is 23.9 Å². The number of carbonyl (C=O) groups excluding carboxylic acids is 1. The average molecular weight is 260 g/mol. The molecule has 0 atom stereocenters. The molecule has 0 heterocycles. The Bertz CT molecular complexity index is 455. The highest BCUT2D eigenvalue weighted by Crippen LogP contribution is 2.31. The molecule has 1 aromatic rings. The SMILES string of the molecule is CC(C)N(C)C(=O)c1cc(C(F)(F)F)ccc1N. The summed E-state index contributed by atoms with van der Waals surface area (Å²) in [5.41, 5.74) is 4.60. The summed E-state index contributed by atoms with van der Waals surface area (Å²) in [5.74, 6) is -0.520. The number of nitrogens with two attached hydrogens (primary N) is 1. The summed E-state index contributed by atoms with van der Waals surface area (Å²) in [6.07, 6.45) is -4.49. The molecule has 0 saturated carbocycles. The molecule has 0 unspecified atom stereocenters. The monoisotopic (exact) mass is 260 g/mol. The van der Waals surface area contributed by atoms with E-state index in [1.165, 1.54) is 11.9 Å². The van der Waals surface area contributed by atoms with E-state index in [9.17, 15) is 18.0 Å². The Hall–Kier alpha value is -1.72. The predicted octanol–water partition coefficient (Wildman–Crippen LogP) is 2.77. The summed E-state index contributed by atoms with van der Waals surface area (Å²) in [6, 6.07) is 2.63. The number of anilines is 1. The normalized spacial score (nSPS) is 11.7. The quantitative estimate of drug-likeness (QED) is 0.831. The zero-order chi connectivity index (χ0) is 14.1. The number of nitrogens with zero attached hydrogens (tertiary/aromatic N) is 1. The van der Waals surface area contributed by atoms with Crippen molar-refractivity contribution in [2.45, 2.75) is 26.1 Å². The van der Waals surface area contributed by atoms with Crippen LogP contribution in [0.25, 0.3) is 0 Å². The molecule has 1 aromatic carbocycles. The van der Waals surface area contributed by atoms with Crippen molar-refractivity contribution in [2.75, 3.05) is 12.8 Å². The summed E-state index contributed by atoms with van der Waals surface area (Å²) in [5, 5.41) is 0. The van der Waals surface area contributed by atoms with Crippen molar-refractivity contribution < 1.29 is 18.0 Å². The molecule has 0 aliphatic heterocycles. The third-order valence-corrected chi connectivity index (χ3v) is 2.71. The number of hydrogen-bond acceptors (Lipinski definition) is 2. The van der Waals surface area contributed by atoms with Crippen molar-refractivity contribution in [1.29, 1.82) is 0 Å². The smallest absolute Gasteiger partial charge is 0.398 e. The maximum Gasteiger partial charge on any atom is 0.416 e. The first-order valence-corrected chi connectivity index (χ1v) is 5.38. The van der Waals surface area contributed by atoms with Crippen molar-refractivity contribution in [2.24, 2.45) is 0 Å². The predicted molar refractivity (Wildman–Crippen MR) is 63.1 cm³/mol. The molecule has 0 saturated heterocycles. The maximum atomic E-state index is 12.6. The number of rotatable bonds is 2. The summed E-state index contributed by atoms with van der Waals surface area (Å²) >= 11 is 0. The van der Waals surface area contributed by atoms with Gasteiger partial charge >= 0.3 is 6.18 Å². The summed E-state index contributed by atoms with van der Waals surface area (Å²) in [4.78, 5) is 13.3. The lowest BCUT2D eigenvalue weighted by Gasteiger charge is -2.22. The largest absolute Gasteiger partial charge is 0.416 e. The Morgan fingerprint density at radius 3 is 2.33 bits per heavy atom. The Balaban J connectivity index is 3.20. The van der Waals surface area contributed by atoms with Crippen LogP contribution in [0, 0.1) is 0 Å². The molecule has 0 spiro atoms. The van der Waals surface area contributed by atoms with Crippen molar-refractivity contribution >= 4 is 11.6 Å². The van der Waals surface area contributed by atoms with Crippen molar-refractivity contribution in [3.63, 3.8) is 0 Å². The molecular weight excluding hydrogens is 245 g/mol. The third-order valence-electron chi connectivity index (χ3n) is 2.71. The van der Waals surface area contributed by atoms with Gasteiger partial charge in [-0.25, -0.2) is 0 Å². The first kappa shape index (κ1) is 14.3. The van der Waals surface area contributed by atoms with Crippen LogP contribution < -0.4 is 5.73 Å². The lowest BCUT2D eigenvalue weighted by molar-refractivity contribution is -0.137. The number of halogens is 3. The van der Waals surface area contributed by atoms with Crippen LogP contribution in [0.4, 0.5) is 18.9 Å². The fourth-order valence-electron chi connectivity index (χ4n) is 1.34. The standard InChI is InChI=1S/C12H15F3N2O/c1-7(2)17(3)11(18)9-6-8(12(13,14)15)4-5-10(9)16/h4-7H,16H2,1-3H3. The van der Waals surface area contributed by atoms with Gasteiger partial charge in [-0.3, -0.25) is 4.79 Å². The van der Waals surface area contributed by atoms with Crippen LogP contribution >= 0.6 is 0 Å². The molecule has 0 aliphatic carbocycles. The van der Waals surface area contributed by atoms with Gasteiger partial charge in [0.25, 0.3) is 5.91 Å². The lowest BCUT2D eigenvalue weighted by Crippen LogP contribution is -2.33. The van der Waals surface area contributed by atoms with Gasteiger partial charge < -0.3 is 10.6 Å². The van der Waals surface area contributed by atoms with Crippen LogP contribution in [0.1, 0.15) is 29.8 Å². The van der Waals surface area contributed by atoms with E-state index in [-0.39, 0.29) is 17.3 Å². The van der Waals surface area contributed by atoms with E-state index < -0.39 is 17.6 Å². The van der Waals surface area contributed by atoms with Gasteiger partial charge in [-0.1, -0.05) is 0 Å². The molecule has 1 amide bonds. The molecule has 0 aliphatic rings. The van der Waals surface area contributed by atoms with Crippen molar-refractivity contribution in [1.82, 2.24) is 4.90 Å². The highest BCUT2D eigenvalue weighted by Gasteiger charge is 2.32. The fraction of sp³-hybridized carbons (Fsp3) is 0.417. The minimum Gasteiger partial charge on any atom is -0.398 e. The molecule has 18 heavy (non-hydrogen) atoms. The maximum absolute atomic E-state index is 12.6. The van der Waals surface area contributed by atoms with E-state index in [0.717, 1.165) is 18.2 Å². The van der Waals surface area contributed by atoms with Crippen LogP contribution in [0.15, 0.2) is 18.2 Å². The Kier molecular flexibility index (Phi) is 3.88. The number of hydrogen-bond donors (Lipinski definition) is 1. The second-order valence-electron chi connectivity index (χ2n) is 4.31. The molecule has 1 rings (SSSR count). The van der Waals surface area contributed by atoms with Gasteiger partial charge in [0.15, 0.2) is 0 Å². The van der Waals surface area contributed by atoms with E-state index >= 15 is 0 Å². The van der Waals surface area contributed by atoms with Gasteiger partial charge in [-0.2, -0.15) is 13.2 Å². The molecule has 6 heteroatoms. The van der Waals surface area contributed by atoms with Crippen molar-refractivity contribution in [3.05, 3.63) is 29.3 Å². The minimum atomic E-state index is -4.49. The number of amides is 1. The second kappa shape index (κ2) is 4.88. The molecule has 0 bridgehead atoms. The van der Waals surface area contributed by atoms with Gasteiger partial charge in [-0.05, 0) is 32.0 Å². The van der Waals surface area contributed by atoms with E-state index in [2.05, 4.69) is 0 Å². The third kappa shape index (κ3) is 2.94. The number of nitrogen functional groups attached to an aromatic ring is 1. The lowest BCUT2D eigenvalue weighted by atomic mass is 10.1. The van der Waals surface area contributed by atoms with Gasteiger partial charge in [-0.15, -0.1) is 0 Å². The number of alkyl halides is 3. The fourth-order valence-corrected chi connectivity index (χ4v) is 1.34. The average Bonchev–Trinajstić information content (AvgIpc) is 2.26. The Labute approximate surface area is 103 Å². The summed E-state index contributed by atoms with van der Waals surface area (Å²) < 4.78 is 37.7. The zero-order valence-corrected chi connectivity index (χ0v) is 10.4. The van der Waals surface area contributed by atoms with E-state index in [1.807, 2.05) is 0 Å². The molecule has 0 fully saturated rings. The summed E-state index contributed by atoms with van der Waals surface area (Å²) in [7, 11) is 1.52. The van der Waals surface area contributed by atoms with Crippen LogP contribution in [0.2, 0.25) is 0 Å². The molecule has 2 N–H and O–H groups in total. The van der Waals surface area contributed by atoms with Gasteiger partial charge in [0, 0.05) is 18.8 Å². The Morgan fingerprint density at radius 2 is 1.89 bits per heavy atom. The van der Waals surface area contributed by atoms with Crippen LogP contribution in [0.3, 0.4) is 0 Å². The minimum absolute atomic E-state index is 0.0421. The number of carbonyl (C=O) groups is 1. The zero-order valence-electron chi connectivity index (χ0n) is 10.4. The van der Waals surface area contributed by atoms with E-state index in [0.29, 0.717) is 0 Å². The topological polar surface area (TPSA) is 46.3 Å². The molecular formula is C12H15F3N2O. The molecule has 100 valence electrons. The van der Waals surface area contributed by atoms with Crippen LogP contribution in [0.5, 0.6) is 0 Å². The second-order valence-corrected chi connectivity index (χ2v) is 4.31. The number of benzene rings is 1. The van der Waals surface area contributed by atoms with Gasteiger partial charge in [0.1, 0.15) is 0 Å². The van der Waals surface area contributed by atoms with Gasteiger partial charge in [0.05, 0.1) is 11.1 Å². The van der Waals surface area contributed by atoms with Crippen molar-refractivity contribution in [3.8, 4) is 0 Å². The molecule has 0 aromatic heterocycles. The molecule has 0 radical (unpaired) electrons.